The first-order valence-electron chi connectivity index (χ1n) is 11.0. The van der Waals surface area contributed by atoms with Crippen LogP contribution in [0.25, 0.3) is 10.1 Å². The highest BCUT2D eigenvalue weighted by molar-refractivity contribution is 7.17. The average molecular weight is 467 g/mol. The number of hydrazone groups is 1. The summed E-state index contributed by atoms with van der Waals surface area (Å²) in [4.78, 5) is 25.0. The van der Waals surface area contributed by atoms with Crippen LogP contribution in [0.15, 0.2) is 52.9 Å². The molecule has 1 amide bonds. The van der Waals surface area contributed by atoms with Crippen molar-refractivity contribution in [3.63, 3.8) is 0 Å². The topological polar surface area (TPSA) is 77.0 Å². The SMILES string of the molecule is COc1ccc(C(=O)CCC(=O)N/N=C(/CCC(C)C)c2csc3ccccc23)cc1OC. The normalized spacial score (nSPS) is 11.6. The van der Waals surface area contributed by atoms with Gasteiger partial charge in [-0.25, -0.2) is 5.43 Å². The van der Waals surface area contributed by atoms with E-state index in [0.717, 1.165) is 29.5 Å². The molecule has 0 radical (unpaired) electrons. The second kappa shape index (κ2) is 11.6. The van der Waals surface area contributed by atoms with Crippen LogP contribution in [0.5, 0.6) is 11.5 Å². The zero-order valence-corrected chi connectivity index (χ0v) is 20.3. The molecule has 1 heterocycles. The van der Waals surface area contributed by atoms with E-state index in [2.05, 4.69) is 41.9 Å². The molecule has 0 bridgehead atoms. The van der Waals surface area contributed by atoms with E-state index in [0.29, 0.717) is 23.0 Å². The second-order valence-electron chi connectivity index (χ2n) is 8.16. The third kappa shape index (κ3) is 6.42. The first kappa shape index (κ1) is 24.5. The van der Waals surface area contributed by atoms with E-state index in [-0.39, 0.29) is 24.5 Å². The Morgan fingerprint density at radius 2 is 1.76 bits per heavy atom. The summed E-state index contributed by atoms with van der Waals surface area (Å²) in [7, 11) is 3.06. The number of carbonyl (C=O) groups excluding carboxylic acids is 2. The lowest BCUT2D eigenvalue weighted by atomic mass is 10.0. The van der Waals surface area contributed by atoms with Crippen molar-refractivity contribution in [2.75, 3.05) is 14.2 Å². The minimum absolute atomic E-state index is 0.0541. The maximum Gasteiger partial charge on any atom is 0.240 e. The molecular weight excluding hydrogens is 436 g/mol. The minimum Gasteiger partial charge on any atom is -0.493 e. The molecule has 2 aromatic carbocycles. The van der Waals surface area contributed by atoms with Gasteiger partial charge in [0.25, 0.3) is 0 Å². The average Bonchev–Trinajstić information content (AvgIpc) is 3.26. The Balaban J connectivity index is 1.66. The number of benzene rings is 2. The number of nitrogens with zero attached hydrogens (tertiary/aromatic N) is 1. The van der Waals surface area contributed by atoms with Gasteiger partial charge < -0.3 is 9.47 Å². The number of ketones is 1. The maximum atomic E-state index is 12.6. The Hall–Kier alpha value is -3.19. The summed E-state index contributed by atoms with van der Waals surface area (Å²) in [5, 5.41) is 7.70. The van der Waals surface area contributed by atoms with Gasteiger partial charge in [-0.05, 0) is 43.0 Å². The number of ether oxygens (including phenoxy) is 2. The van der Waals surface area contributed by atoms with E-state index in [9.17, 15) is 9.59 Å². The summed E-state index contributed by atoms with van der Waals surface area (Å²) >= 11 is 1.67. The molecule has 0 spiro atoms. The van der Waals surface area contributed by atoms with E-state index >= 15 is 0 Å². The molecular formula is C26H30N2O4S. The fourth-order valence-electron chi connectivity index (χ4n) is 3.44. The quantitative estimate of drug-likeness (QED) is 0.219. The first-order valence-corrected chi connectivity index (χ1v) is 11.9. The molecule has 0 aliphatic carbocycles. The van der Waals surface area contributed by atoms with Crippen LogP contribution in [0.2, 0.25) is 0 Å². The minimum atomic E-state index is -0.287. The number of carbonyl (C=O) groups is 2. The number of thiophene rings is 1. The summed E-state index contributed by atoms with van der Waals surface area (Å²) < 4.78 is 11.6. The molecule has 0 fully saturated rings. The lowest BCUT2D eigenvalue weighted by Crippen LogP contribution is -2.21. The van der Waals surface area contributed by atoms with Gasteiger partial charge in [-0.3, -0.25) is 9.59 Å². The summed E-state index contributed by atoms with van der Waals surface area (Å²) in [6.45, 7) is 4.34. The Labute approximate surface area is 198 Å². The number of methoxy groups -OCH3 is 2. The van der Waals surface area contributed by atoms with Gasteiger partial charge >= 0.3 is 0 Å². The molecule has 7 heteroatoms. The number of fused-ring (bicyclic) bond motifs is 1. The number of Topliss-reactive ketones (excluding diaryl/α,β-unsaturated/α-hetero) is 1. The van der Waals surface area contributed by atoms with Gasteiger partial charge in [0.1, 0.15) is 0 Å². The van der Waals surface area contributed by atoms with E-state index < -0.39 is 0 Å². The summed E-state index contributed by atoms with van der Waals surface area (Å²) in [6.07, 6.45) is 1.87. The van der Waals surface area contributed by atoms with E-state index in [1.165, 1.54) is 11.8 Å². The number of hydrogen-bond acceptors (Lipinski definition) is 6. The molecule has 0 aliphatic rings. The van der Waals surface area contributed by atoms with Crippen molar-refractivity contribution in [1.82, 2.24) is 5.43 Å². The van der Waals surface area contributed by atoms with E-state index in [4.69, 9.17) is 9.47 Å². The Morgan fingerprint density at radius 1 is 1.00 bits per heavy atom. The van der Waals surface area contributed by atoms with Crippen molar-refractivity contribution >= 4 is 38.8 Å². The predicted molar refractivity (Wildman–Crippen MR) is 134 cm³/mol. The Morgan fingerprint density at radius 3 is 2.48 bits per heavy atom. The van der Waals surface area contributed by atoms with Crippen molar-refractivity contribution in [2.24, 2.45) is 11.0 Å². The number of nitrogens with one attached hydrogen (secondary N) is 1. The van der Waals surface area contributed by atoms with Gasteiger partial charge in [0.15, 0.2) is 17.3 Å². The third-order valence-corrected chi connectivity index (χ3v) is 6.31. The first-order chi connectivity index (χ1) is 15.9. The molecule has 1 N–H and O–H groups in total. The Kier molecular flexibility index (Phi) is 8.60. The van der Waals surface area contributed by atoms with Crippen LogP contribution in [0.4, 0.5) is 0 Å². The van der Waals surface area contributed by atoms with Crippen LogP contribution < -0.4 is 14.9 Å². The number of rotatable bonds is 11. The summed E-state index contributed by atoms with van der Waals surface area (Å²) in [5.41, 5.74) is 5.06. The van der Waals surface area contributed by atoms with Gasteiger partial charge in [-0.15, -0.1) is 11.3 Å². The number of hydrogen-bond donors (Lipinski definition) is 1. The maximum absolute atomic E-state index is 12.6. The summed E-state index contributed by atoms with van der Waals surface area (Å²) in [6, 6.07) is 13.2. The molecule has 0 saturated heterocycles. The van der Waals surface area contributed by atoms with Crippen molar-refractivity contribution in [3.8, 4) is 11.5 Å². The largest absolute Gasteiger partial charge is 0.493 e. The lowest BCUT2D eigenvalue weighted by Gasteiger charge is -2.10. The zero-order chi connectivity index (χ0) is 23.8. The monoisotopic (exact) mass is 466 g/mol. The van der Waals surface area contributed by atoms with Crippen LogP contribution in [0, 0.1) is 5.92 Å². The number of amides is 1. The van der Waals surface area contributed by atoms with E-state index in [1.54, 1.807) is 36.6 Å². The molecule has 0 saturated carbocycles. The molecule has 3 rings (SSSR count). The highest BCUT2D eigenvalue weighted by Crippen LogP contribution is 2.29. The fourth-order valence-corrected chi connectivity index (χ4v) is 4.41. The van der Waals surface area contributed by atoms with Crippen LogP contribution in [0.1, 0.15) is 55.5 Å². The molecule has 174 valence electrons. The van der Waals surface area contributed by atoms with Crippen LogP contribution >= 0.6 is 11.3 Å². The van der Waals surface area contributed by atoms with Crippen molar-refractivity contribution < 1.29 is 19.1 Å². The van der Waals surface area contributed by atoms with Crippen molar-refractivity contribution in [3.05, 3.63) is 59.0 Å². The predicted octanol–water partition coefficient (Wildman–Crippen LogP) is 5.84. The highest BCUT2D eigenvalue weighted by Gasteiger charge is 2.14. The fraction of sp³-hybridized carbons (Fsp3) is 0.346. The van der Waals surface area contributed by atoms with Gasteiger partial charge in [0.2, 0.25) is 5.91 Å². The van der Waals surface area contributed by atoms with Crippen LogP contribution in [-0.4, -0.2) is 31.6 Å². The van der Waals surface area contributed by atoms with Gasteiger partial charge in [0.05, 0.1) is 19.9 Å². The molecule has 1 aromatic heterocycles. The summed E-state index contributed by atoms with van der Waals surface area (Å²) in [5.74, 6) is 1.13. The standard InChI is InChI=1S/C26H30N2O4S/c1-17(2)9-11-21(20-16-33-25-8-6-5-7-19(20)25)27-28-26(30)14-12-22(29)18-10-13-23(31-3)24(15-18)32-4/h5-8,10,13,15-17H,9,11-12,14H2,1-4H3,(H,28,30)/b27-21-. The highest BCUT2D eigenvalue weighted by atomic mass is 32.1. The Bertz CT molecular complexity index is 1150. The van der Waals surface area contributed by atoms with Crippen LogP contribution in [-0.2, 0) is 4.79 Å². The molecule has 0 atom stereocenters. The van der Waals surface area contributed by atoms with Gasteiger partial charge in [0, 0.05) is 39.4 Å². The smallest absolute Gasteiger partial charge is 0.240 e. The van der Waals surface area contributed by atoms with E-state index in [1.807, 2.05) is 12.1 Å². The van der Waals surface area contributed by atoms with Crippen LogP contribution in [0.3, 0.4) is 0 Å². The molecule has 3 aromatic rings. The van der Waals surface area contributed by atoms with Gasteiger partial charge in [-0.1, -0.05) is 32.0 Å². The second-order valence-corrected chi connectivity index (χ2v) is 9.08. The molecule has 6 nitrogen and oxygen atoms in total. The molecule has 33 heavy (non-hydrogen) atoms. The molecule has 0 aliphatic heterocycles. The van der Waals surface area contributed by atoms with Crippen molar-refractivity contribution in [1.29, 1.82) is 0 Å². The zero-order valence-electron chi connectivity index (χ0n) is 19.5. The third-order valence-electron chi connectivity index (χ3n) is 5.35. The van der Waals surface area contributed by atoms with Gasteiger partial charge in [-0.2, -0.15) is 5.10 Å². The lowest BCUT2D eigenvalue weighted by molar-refractivity contribution is -0.121. The van der Waals surface area contributed by atoms with Crippen molar-refractivity contribution in [2.45, 2.75) is 39.5 Å². The molecule has 0 unspecified atom stereocenters.